The molecule has 0 fully saturated rings. The minimum Gasteiger partial charge on any atom is -0.493 e. The van der Waals surface area contributed by atoms with Gasteiger partial charge in [-0.3, -0.25) is 14.4 Å². The maximum atomic E-state index is 13.7. The van der Waals surface area contributed by atoms with E-state index < -0.39 is 21.0 Å². The SMILES string of the molecule is COc1ccc(N(C(C)c2ccc(Cl)cc2)S(=O)(=O)c2cccc([N+](=O)[O-])c2)cc1OC. The lowest BCUT2D eigenvalue weighted by atomic mass is 10.1. The van der Waals surface area contributed by atoms with Gasteiger partial charge in [0, 0.05) is 23.2 Å². The quantitative estimate of drug-likeness (QED) is 0.326. The number of halogens is 1. The first-order valence-electron chi connectivity index (χ1n) is 9.45. The van der Waals surface area contributed by atoms with Gasteiger partial charge < -0.3 is 9.47 Å². The lowest BCUT2D eigenvalue weighted by Crippen LogP contribution is -2.33. The van der Waals surface area contributed by atoms with Crippen molar-refractivity contribution >= 4 is 33.0 Å². The van der Waals surface area contributed by atoms with E-state index in [9.17, 15) is 18.5 Å². The van der Waals surface area contributed by atoms with Crippen molar-refractivity contribution in [3.8, 4) is 11.5 Å². The van der Waals surface area contributed by atoms with Crippen LogP contribution in [0.3, 0.4) is 0 Å². The lowest BCUT2D eigenvalue weighted by Gasteiger charge is -2.31. The molecule has 1 unspecified atom stereocenters. The van der Waals surface area contributed by atoms with Gasteiger partial charge in [-0.2, -0.15) is 0 Å². The summed E-state index contributed by atoms with van der Waals surface area (Å²) >= 11 is 5.99. The van der Waals surface area contributed by atoms with Crippen molar-refractivity contribution in [2.24, 2.45) is 0 Å². The molecule has 3 aromatic rings. The molecule has 32 heavy (non-hydrogen) atoms. The molecule has 0 saturated heterocycles. The van der Waals surface area contributed by atoms with Gasteiger partial charge in [-0.25, -0.2) is 8.42 Å². The van der Waals surface area contributed by atoms with Crippen LogP contribution in [0.1, 0.15) is 18.5 Å². The molecular weight excluding hydrogens is 456 g/mol. The second-order valence-electron chi connectivity index (χ2n) is 6.82. The number of nitro benzene ring substituents is 1. The Labute approximate surface area is 191 Å². The van der Waals surface area contributed by atoms with E-state index in [0.717, 1.165) is 6.07 Å². The minimum absolute atomic E-state index is 0.206. The number of non-ortho nitro benzene ring substituents is 1. The number of ether oxygens (including phenoxy) is 2. The highest BCUT2D eigenvalue weighted by Crippen LogP contribution is 2.38. The zero-order valence-electron chi connectivity index (χ0n) is 17.6. The highest BCUT2D eigenvalue weighted by Gasteiger charge is 2.32. The summed E-state index contributed by atoms with van der Waals surface area (Å²) in [5.41, 5.74) is 0.660. The van der Waals surface area contributed by atoms with Crippen LogP contribution in [0.2, 0.25) is 5.02 Å². The van der Waals surface area contributed by atoms with E-state index in [1.807, 2.05) is 0 Å². The highest BCUT2D eigenvalue weighted by atomic mass is 35.5. The van der Waals surface area contributed by atoms with Gasteiger partial charge in [-0.15, -0.1) is 0 Å². The van der Waals surface area contributed by atoms with Gasteiger partial charge in [-0.05, 0) is 42.8 Å². The topological polar surface area (TPSA) is 99.0 Å². The Hall–Kier alpha value is -3.30. The minimum atomic E-state index is -4.21. The zero-order valence-corrected chi connectivity index (χ0v) is 19.1. The van der Waals surface area contributed by atoms with Crippen molar-refractivity contribution in [1.29, 1.82) is 0 Å². The molecule has 168 valence electrons. The maximum absolute atomic E-state index is 13.7. The summed E-state index contributed by atoms with van der Waals surface area (Å²) in [7, 11) is -1.29. The smallest absolute Gasteiger partial charge is 0.270 e. The molecule has 0 heterocycles. The summed E-state index contributed by atoms with van der Waals surface area (Å²) in [6, 6.07) is 15.8. The molecule has 0 bridgehead atoms. The average Bonchev–Trinajstić information content (AvgIpc) is 2.79. The molecule has 3 aromatic carbocycles. The van der Waals surface area contributed by atoms with E-state index in [-0.39, 0.29) is 10.6 Å². The predicted octanol–water partition coefficient (Wildman–Crippen LogP) is 5.22. The number of hydrogen-bond acceptors (Lipinski definition) is 6. The standard InChI is InChI=1S/C22H21ClN2O6S/c1-15(16-7-9-17(23)10-8-16)24(18-11-12-21(30-2)22(14-18)31-3)32(28,29)20-6-4-5-19(13-20)25(26)27/h4-15H,1-3H3. The van der Waals surface area contributed by atoms with Crippen molar-refractivity contribution in [2.75, 3.05) is 18.5 Å². The van der Waals surface area contributed by atoms with Gasteiger partial charge in [-0.1, -0.05) is 29.8 Å². The highest BCUT2D eigenvalue weighted by molar-refractivity contribution is 7.92. The molecule has 0 saturated carbocycles. The van der Waals surface area contributed by atoms with Gasteiger partial charge in [0.15, 0.2) is 11.5 Å². The molecule has 0 spiro atoms. The van der Waals surface area contributed by atoms with Crippen LogP contribution >= 0.6 is 11.6 Å². The van der Waals surface area contributed by atoms with E-state index in [1.165, 1.54) is 36.7 Å². The van der Waals surface area contributed by atoms with Crippen LogP contribution in [0.5, 0.6) is 11.5 Å². The first kappa shape index (κ1) is 23.4. The van der Waals surface area contributed by atoms with E-state index >= 15 is 0 Å². The summed E-state index contributed by atoms with van der Waals surface area (Å²) in [5.74, 6) is 0.774. The van der Waals surface area contributed by atoms with Crippen LogP contribution in [-0.2, 0) is 10.0 Å². The van der Waals surface area contributed by atoms with Crippen LogP contribution in [0, 0.1) is 10.1 Å². The van der Waals surface area contributed by atoms with Crippen LogP contribution in [0.4, 0.5) is 11.4 Å². The molecule has 0 aromatic heterocycles. The Bertz CT molecular complexity index is 1230. The van der Waals surface area contributed by atoms with Gasteiger partial charge in [0.2, 0.25) is 0 Å². The second-order valence-corrected chi connectivity index (χ2v) is 9.07. The first-order valence-corrected chi connectivity index (χ1v) is 11.3. The lowest BCUT2D eigenvalue weighted by molar-refractivity contribution is -0.385. The Morgan fingerprint density at radius 2 is 1.62 bits per heavy atom. The Balaban J connectivity index is 2.21. The number of rotatable bonds is 8. The van der Waals surface area contributed by atoms with Gasteiger partial charge >= 0.3 is 0 Å². The largest absolute Gasteiger partial charge is 0.493 e. The van der Waals surface area contributed by atoms with Crippen LogP contribution in [0.25, 0.3) is 0 Å². The normalized spacial score (nSPS) is 12.1. The molecule has 0 N–H and O–H groups in total. The van der Waals surface area contributed by atoms with Crippen molar-refractivity contribution in [3.05, 3.63) is 87.4 Å². The van der Waals surface area contributed by atoms with E-state index in [2.05, 4.69) is 0 Å². The molecule has 8 nitrogen and oxygen atoms in total. The fraction of sp³-hybridized carbons (Fsp3) is 0.182. The van der Waals surface area contributed by atoms with E-state index in [0.29, 0.717) is 27.8 Å². The summed E-state index contributed by atoms with van der Waals surface area (Å²) in [4.78, 5) is 10.4. The first-order chi connectivity index (χ1) is 15.2. The van der Waals surface area contributed by atoms with Crippen LogP contribution in [0.15, 0.2) is 71.6 Å². The number of sulfonamides is 1. The van der Waals surface area contributed by atoms with Crippen LogP contribution < -0.4 is 13.8 Å². The molecular formula is C22H21ClN2O6S. The Kier molecular flexibility index (Phi) is 6.90. The van der Waals surface area contributed by atoms with Crippen molar-refractivity contribution in [2.45, 2.75) is 17.9 Å². The molecule has 0 aliphatic rings. The average molecular weight is 477 g/mol. The fourth-order valence-electron chi connectivity index (χ4n) is 3.28. The van der Waals surface area contributed by atoms with Gasteiger partial charge in [0.05, 0.1) is 35.8 Å². The summed E-state index contributed by atoms with van der Waals surface area (Å²) in [5, 5.41) is 11.7. The van der Waals surface area contributed by atoms with Gasteiger partial charge in [0.25, 0.3) is 15.7 Å². The van der Waals surface area contributed by atoms with Crippen LogP contribution in [-0.4, -0.2) is 27.6 Å². The Morgan fingerprint density at radius 1 is 0.969 bits per heavy atom. The third-order valence-corrected chi connectivity index (χ3v) is 7.06. The molecule has 0 aliphatic heterocycles. The third-order valence-electron chi connectivity index (χ3n) is 4.91. The maximum Gasteiger partial charge on any atom is 0.270 e. The summed E-state index contributed by atoms with van der Waals surface area (Å²) < 4.78 is 39.3. The number of methoxy groups -OCH3 is 2. The summed E-state index contributed by atoms with van der Waals surface area (Å²) in [6.45, 7) is 1.72. The molecule has 10 heteroatoms. The molecule has 3 rings (SSSR count). The summed E-state index contributed by atoms with van der Waals surface area (Å²) in [6.07, 6.45) is 0. The fourth-order valence-corrected chi connectivity index (χ4v) is 5.08. The number of hydrogen-bond donors (Lipinski definition) is 0. The molecule has 0 amide bonds. The number of benzene rings is 3. The monoisotopic (exact) mass is 476 g/mol. The molecule has 0 radical (unpaired) electrons. The van der Waals surface area contributed by atoms with E-state index in [4.69, 9.17) is 21.1 Å². The second kappa shape index (κ2) is 9.46. The third kappa shape index (κ3) is 4.63. The van der Waals surface area contributed by atoms with Crippen molar-refractivity contribution < 1.29 is 22.8 Å². The number of nitrogens with zero attached hydrogens (tertiary/aromatic N) is 2. The van der Waals surface area contributed by atoms with Crippen molar-refractivity contribution in [1.82, 2.24) is 0 Å². The van der Waals surface area contributed by atoms with Gasteiger partial charge in [0.1, 0.15) is 0 Å². The zero-order chi connectivity index (χ0) is 23.5. The molecule has 1 atom stereocenters. The van der Waals surface area contributed by atoms with E-state index in [1.54, 1.807) is 49.4 Å². The predicted molar refractivity (Wildman–Crippen MR) is 122 cm³/mol. The number of nitro groups is 1. The molecule has 0 aliphatic carbocycles. The number of anilines is 1. The van der Waals surface area contributed by atoms with Crippen molar-refractivity contribution in [3.63, 3.8) is 0 Å². The Morgan fingerprint density at radius 3 is 2.22 bits per heavy atom.